The van der Waals surface area contributed by atoms with Crippen molar-refractivity contribution in [2.45, 2.75) is 31.8 Å². The van der Waals surface area contributed by atoms with E-state index in [1.54, 1.807) is 0 Å². The Bertz CT molecular complexity index is 407. The molecular weight excluding hydrogens is 238 g/mol. The zero-order chi connectivity index (χ0) is 13.8. The predicted octanol–water partition coefficient (Wildman–Crippen LogP) is 0.155. The normalized spacial score (nSPS) is 23.5. The molecule has 1 aliphatic rings. The summed E-state index contributed by atoms with van der Waals surface area (Å²) in [4.78, 5) is 13.8. The molecule has 0 amide bonds. The van der Waals surface area contributed by atoms with Crippen LogP contribution in [-0.2, 0) is 12.8 Å². The van der Waals surface area contributed by atoms with Crippen molar-refractivity contribution >= 4 is 0 Å². The van der Waals surface area contributed by atoms with E-state index < -0.39 is 0 Å². The van der Waals surface area contributed by atoms with Gasteiger partial charge in [-0.3, -0.25) is 0 Å². The van der Waals surface area contributed by atoms with Gasteiger partial charge in [0.15, 0.2) is 0 Å². The van der Waals surface area contributed by atoms with Gasteiger partial charge >= 0.3 is 0 Å². The third-order valence-corrected chi connectivity index (χ3v) is 3.69. The second-order valence-electron chi connectivity index (χ2n) is 5.75. The van der Waals surface area contributed by atoms with Crippen LogP contribution in [0, 0.1) is 0 Å². The molecule has 5 nitrogen and oxygen atoms in total. The SMILES string of the molecule is CC(N)Cc1ccnc(CC2CN(C)CCN2C)n1. The van der Waals surface area contributed by atoms with Crippen molar-refractivity contribution in [2.75, 3.05) is 33.7 Å². The molecule has 19 heavy (non-hydrogen) atoms. The summed E-state index contributed by atoms with van der Waals surface area (Å²) < 4.78 is 0. The molecule has 2 N–H and O–H groups in total. The van der Waals surface area contributed by atoms with E-state index in [0.29, 0.717) is 6.04 Å². The lowest BCUT2D eigenvalue weighted by molar-refractivity contribution is 0.113. The third kappa shape index (κ3) is 4.23. The topological polar surface area (TPSA) is 58.3 Å². The van der Waals surface area contributed by atoms with Gasteiger partial charge in [0.2, 0.25) is 0 Å². The van der Waals surface area contributed by atoms with Gasteiger partial charge < -0.3 is 15.5 Å². The zero-order valence-corrected chi connectivity index (χ0v) is 12.2. The van der Waals surface area contributed by atoms with E-state index in [1.807, 2.05) is 19.2 Å². The Morgan fingerprint density at radius 3 is 2.95 bits per heavy atom. The Morgan fingerprint density at radius 1 is 1.42 bits per heavy atom. The fraction of sp³-hybridized carbons (Fsp3) is 0.714. The minimum absolute atomic E-state index is 0.145. The molecular formula is C14H25N5. The standard InChI is InChI=1S/C14H25N5/c1-11(15)8-12-4-5-16-14(17-12)9-13-10-18(2)6-7-19(13)3/h4-5,11,13H,6-10,15H2,1-3H3. The van der Waals surface area contributed by atoms with Crippen LogP contribution in [0.4, 0.5) is 0 Å². The Labute approximate surface area is 115 Å². The highest BCUT2D eigenvalue weighted by Crippen LogP contribution is 2.10. The van der Waals surface area contributed by atoms with Crippen LogP contribution in [0.2, 0.25) is 0 Å². The summed E-state index contributed by atoms with van der Waals surface area (Å²) in [6.45, 7) is 5.34. The summed E-state index contributed by atoms with van der Waals surface area (Å²) in [7, 11) is 4.36. The van der Waals surface area contributed by atoms with E-state index in [9.17, 15) is 0 Å². The third-order valence-electron chi connectivity index (χ3n) is 3.69. The maximum absolute atomic E-state index is 5.82. The highest BCUT2D eigenvalue weighted by molar-refractivity contribution is 5.05. The fourth-order valence-corrected chi connectivity index (χ4v) is 2.52. The number of likely N-dealkylation sites (N-methyl/N-ethyl adjacent to an activating group) is 2. The Morgan fingerprint density at radius 2 is 2.21 bits per heavy atom. The van der Waals surface area contributed by atoms with Crippen LogP contribution in [0.3, 0.4) is 0 Å². The summed E-state index contributed by atoms with van der Waals surface area (Å²) in [5, 5.41) is 0. The molecule has 1 fully saturated rings. The highest BCUT2D eigenvalue weighted by Gasteiger charge is 2.23. The van der Waals surface area contributed by atoms with Gasteiger partial charge in [-0.05, 0) is 27.1 Å². The second kappa shape index (κ2) is 6.41. The van der Waals surface area contributed by atoms with E-state index >= 15 is 0 Å². The van der Waals surface area contributed by atoms with Gasteiger partial charge in [0.25, 0.3) is 0 Å². The molecule has 1 aromatic heterocycles. The van der Waals surface area contributed by atoms with E-state index in [2.05, 4.69) is 33.9 Å². The van der Waals surface area contributed by atoms with Crippen molar-refractivity contribution in [1.29, 1.82) is 0 Å². The average Bonchev–Trinajstić information content (AvgIpc) is 2.33. The first-order valence-electron chi connectivity index (χ1n) is 6.99. The average molecular weight is 263 g/mol. The summed E-state index contributed by atoms with van der Waals surface area (Å²) in [5.41, 5.74) is 6.87. The molecule has 0 saturated carbocycles. The molecule has 0 spiro atoms. The first-order valence-corrected chi connectivity index (χ1v) is 6.99. The number of hydrogen-bond donors (Lipinski definition) is 1. The van der Waals surface area contributed by atoms with E-state index in [1.165, 1.54) is 0 Å². The van der Waals surface area contributed by atoms with Gasteiger partial charge in [0.1, 0.15) is 5.82 Å². The first-order chi connectivity index (χ1) is 9.04. The van der Waals surface area contributed by atoms with Crippen molar-refractivity contribution in [2.24, 2.45) is 5.73 Å². The Hall–Kier alpha value is -1.04. The quantitative estimate of drug-likeness (QED) is 0.838. The predicted molar refractivity (Wildman–Crippen MR) is 77.0 cm³/mol. The van der Waals surface area contributed by atoms with E-state index in [-0.39, 0.29) is 6.04 Å². The molecule has 0 radical (unpaired) electrons. The molecule has 1 aliphatic heterocycles. The van der Waals surface area contributed by atoms with Crippen LogP contribution < -0.4 is 5.73 Å². The van der Waals surface area contributed by atoms with Gasteiger partial charge in [-0.15, -0.1) is 0 Å². The van der Waals surface area contributed by atoms with Crippen molar-refractivity contribution < 1.29 is 0 Å². The van der Waals surface area contributed by atoms with Crippen molar-refractivity contribution in [3.8, 4) is 0 Å². The van der Waals surface area contributed by atoms with Gasteiger partial charge in [0, 0.05) is 56.5 Å². The van der Waals surface area contributed by atoms with Crippen LogP contribution in [0.1, 0.15) is 18.4 Å². The van der Waals surface area contributed by atoms with Gasteiger partial charge in [0.05, 0.1) is 0 Å². The molecule has 106 valence electrons. The number of aromatic nitrogens is 2. The van der Waals surface area contributed by atoms with Crippen LogP contribution in [0.25, 0.3) is 0 Å². The van der Waals surface area contributed by atoms with E-state index in [0.717, 1.165) is 44.0 Å². The second-order valence-corrected chi connectivity index (χ2v) is 5.75. The summed E-state index contributed by atoms with van der Waals surface area (Å²) >= 11 is 0. The lowest BCUT2D eigenvalue weighted by Gasteiger charge is -2.37. The molecule has 2 unspecified atom stereocenters. The minimum Gasteiger partial charge on any atom is -0.328 e. The molecule has 1 aromatic rings. The van der Waals surface area contributed by atoms with Gasteiger partial charge in [-0.1, -0.05) is 0 Å². The van der Waals surface area contributed by atoms with Crippen LogP contribution >= 0.6 is 0 Å². The smallest absolute Gasteiger partial charge is 0.130 e. The lowest BCUT2D eigenvalue weighted by Crippen LogP contribution is -2.51. The summed E-state index contributed by atoms with van der Waals surface area (Å²) in [6.07, 6.45) is 3.58. The molecule has 2 heterocycles. The Kier molecular flexibility index (Phi) is 4.85. The lowest BCUT2D eigenvalue weighted by atomic mass is 10.1. The largest absolute Gasteiger partial charge is 0.328 e. The van der Waals surface area contributed by atoms with Crippen molar-refractivity contribution in [3.05, 3.63) is 23.8 Å². The van der Waals surface area contributed by atoms with Crippen LogP contribution in [-0.4, -0.2) is 65.6 Å². The van der Waals surface area contributed by atoms with Crippen molar-refractivity contribution in [3.63, 3.8) is 0 Å². The maximum atomic E-state index is 5.82. The minimum atomic E-state index is 0.145. The molecule has 2 atom stereocenters. The number of hydrogen-bond acceptors (Lipinski definition) is 5. The first kappa shape index (κ1) is 14.4. The number of rotatable bonds is 4. The van der Waals surface area contributed by atoms with E-state index in [4.69, 9.17) is 5.73 Å². The Balaban J connectivity index is 2.01. The zero-order valence-electron chi connectivity index (χ0n) is 12.2. The molecule has 2 rings (SSSR count). The fourth-order valence-electron chi connectivity index (χ4n) is 2.52. The molecule has 1 saturated heterocycles. The molecule has 0 bridgehead atoms. The summed E-state index contributed by atoms with van der Waals surface area (Å²) in [5.74, 6) is 0.935. The van der Waals surface area contributed by atoms with Crippen LogP contribution in [0.15, 0.2) is 12.3 Å². The van der Waals surface area contributed by atoms with Gasteiger partial charge in [-0.25, -0.2) is 9.97 Å². The molecule has 0 aromatic carbocycles. The van der Waals surface area contributed by atoms with Crippen LogP contribution in [0.5, 0.6) is 0 Å². The number of nitrogens with zero attached hydrogens (tertiary/aromatic N) is 4. The molecule has 5 heteroatoms. The monoisotopic (exact) mass is 263 g/mol. The molecule has 0 aliphatic carbocycles. The van der Waals surface area contributed by atoms with Gasteiger partial charge in [-0.2, -0.15) is 0 Å². The highest BCUT2D eigenvalue weighted by atomic mass is 15.3. The number of nitrogens with two attached hydrogens (primary N) is 1. The van der Waals surface area contributed by atoms with Crippen molar-refractivity contribution in [1.82, 2.24) is 19.8 Å². The summed E-state index contributed by atoms with van der Waals surface area (Å²) in [6, 6.07) is 2.61. The maximum Gasteiger partial charge on any atom is 0.130 e. The number of piperazine rings is 1.